The summed E-state index contributed by atoms with van der Waals surface area (Å²) < 4.78 is 0. The van der Waals surface area contributed by atoms with Crippen molar-refractivity contribution >= 4 is 11.7 Å². The van der Waals surface area contributed by atoms with Crippen molar-refractivity contribution in [2.75, 3.05) is 31.1 Å². The number of para-hydroxylation sites is 1. The molecule has 3 aliphatic heterocycles. The monoisotopic (exact) mass is 387 g/mol. The van der Waals surface area contributed by atoms with Gasteiger partial charge in [-0.3, -0.25) is 4.90 Å². The predicted molar refractivity (Wildman–Crippen MR) is 115 cm³/mol. The van der Waals surface area contributed by atoms with Gasteiger partial charge in [-0.1, -0.05) is 42.5 Å². The molecule has 4 nitrogen and oxygen atoms in total. The van der Waals surface area contributed by atoms with Crippen LogP contribution in [0.25, 0.3) is 0 Å². The van der Waals surface area contributed by atoms with Crippen molar-refractivity contribution in [3.8, 4) is 0 Å². The summed E-state index contributed by atoms with van der Waals surface area (Å²) in [6.07, 6.45) is 6.23. The van der Waals surface area contributed by atoms with Gasteiger partial charge in [0.1, 0.15) is 0 Å². The maximum atomic E-state index is 12.5. The fourth-order valence-electron chi connectivity index (χ4n) is 6.41. The Morgan fingerprint density at radius 2 is 1.76 bits per heavy atom. The zero-order valence-electron chi connectivity index (χ0n) is 17.0. The molecule has 0 radical (unpaired) electrons. The van der Waals surface area contributed by atoms with Crippen LogP contribution in [0, 0.1) is 5.92 Å². The minimum Gasteiger partial charge on any atom is -0.334 e. The third-order valence-corrected chi connectivity index (χ3v) is 7.89. The molecule has 1 unspecified atom stereocenters. The molecule has 2 amide bonds. The number of urea groups is 1. The van der Waals surface area contributed by atoms with Crippen LogP contribution in [-0.4, -0.2) is 37.1 Å². The topological polar surface area (TPSA) is 35.6 Å². The maximum absolute atomic E-state index is 12.5. The van der Waals surface area contributed by atoms with Gasteiger partial charge in [0.05, 0.1) is 5.69 Å². The first-order chi connectivity index (χ1) is 14.2. The number of hydrogen-bond acceptors (Lipinski definition) is 2. The molecule has 1 atom stereocenters. The van der Waals surface area contributed by atoms with Crippen molar-refractivity contribution in [1.82, 2.24) is 10.2 Å². The van der Waals surface area contributed by atoms with E-state index in [0.29, 0.717) is 17.9 Å². The van der Waals surface area contributed by atoms with Crippen LogP contribution in [0.1, 0.15) is 41.5 Å². The van der Waals surface area contributed by atoms with Crippen LogP contribution in [0.5, 0.6) is 0 Å². The average molecular weight is 388 g/mol. The first-order valence-corrected chi connectivity index (χ1v) is 11.2. The number of carbonyl (C=O) groups excluding carboxylic acids is 1. The molecule has 1 spiro atoms. The van der Waals surface area contributed by atoms with Gasteiger partial charge in [0, 0.05) is 19.6 Å². The number of nitrogens with one attached hydrogen (secondary N) is 1. The lowest BCUT2D eigenvalue weighted by molar-refractivity contribution is 0.138. The summed E-state index contributed by atoms with van der Waals surface area (Å²) in [6.45, 7) is 4.98. The van der Waals surface area contributed by atoms with Crippen LogP contribution in [-0.2, 0) is 24.8 Å². The molecule has 2 aromatic rings. The van der Waals surface area contributed by atoms with E-state index in [1.165, 1.54) is 55.6 Å². The zero-order chi connectivity index (χ0) is 19.4. The zero-order valence-corrected chi connectivity index (χ0v) is 17.0. The molecular weight excluding hydrogens is 358 g/mol. The van der Waals surface area contributed by atoms with E-state index in [1.54, 1.807) is 11.1 Å². The fourth-order valence-corrected chi connectivity index (χ4v) is 6.41. The Bertz CT molecular complexity index is 960. The van der Waals surface area contributed by atoms with E-state index in [0.717, 1.165) is 19.5 Å². The molecule has 1 N–H and O–H groups in total. The van der Waals surface area contributed by atoms with Gasteiger partial charge in [-0.05, 0) is 78.8 Å². The van der Waals surface area contributed by atoms with Crippen molar-refractivity contribution in [3.05, 3.63) is 64.7 Å². The Morgan fingerprint density at radius 1 is 0.966 bits per heavy atom. The van der Waals surface area contributed by atoms with Crippen LogP contribution >= 0.6 is 0 Å². The SMILES string of the molecule is O=C1NCc2cccc3c2N1CC(CN1CCC2(CCc4ccccc42)CC1)C3. The van der Waals surface area contributed by atoms with E-state index in [9.17, 15) is 4.79 Å². The normalized spacial score (nSPS) is 24.9. The van der Waals surface area contributed by atoms with Crippen LogP contribution in [0.2, 0.25) is 0 Å². The Balaban J connectivity index is 1.16. The number of hydrogen-bond donors (Lipinski definition) is 1. The molecule has 0 aromatic heterocycles. The molecule has 3 heterocycles. The maximum Gasteiger partial charge on any atom is 0.322 e. The number of amides is 2. The van der Waals surface area contributed by atoms with Gasteiger partial charge in [0.15, 0.2) is 0 Å². The number of benzene rings is 2. The van der Waals surface area contributed by atoms with Gasteiger partial charge in [-0.2, -0.15) is 0 Å². The number of rotatable bonds is 2. The molecule has 1 fully saturated rings. The first kappa shape index (κ1) is 17.5. The van der Waals surface area contributed by atoms with E-state index in [2.05, 4.69) is 52.7 Å². The van der Waals surface area contributed by atoms with Gasteiger partial charge in [0.2, 0.25) is 0 Å². The summed E-state index contributed by atoms with van der Waals surface area (Å²) >= 11 is 0. The molecule has 4 aliphatic rings. The van der Waals surface area contributed by atoms with Crippen molar-refractivity contribution < 1.29 is 4.79 Å². The number of fused-ring (bicyclic) bond motifs is 2. The molecule has 29 heavy (non-hydrogen) atoms. The Labute approximate surface area is 172 Å². The quantitative estimate of drug-likeness (QED) is 0.849. The minimum absolute atomic E-state index is 0.0785. The van der Waals surface area contributed by atoms with Gasteiger partial charge in [-0.25, -0.2) is 4.79 Å². The smallest absolute Gasteiger partial charge is 0.322 e. The second kappa shape index (κ2) is 6.60. The van der Waals surface area contributed by atoms with Gasteiger partial charge < -0.3 is 10.2 Å². The number of likely N-dealkylation sites (tertiary alicyclic amines) is 1. The Kier molecular flexibility index (Phi) is 3.98. The van der Waals surface area contributed by atoms with Gasteiger partial charge in [-0.15, -0.1) is 0 Å². The number of carbonyl (C=O) groups is 1. The molecule has 2 aromatic carbocycles. The van der Waals surface area contributed by atoms with Crippen molar-refractivity contribution in [3.63, 3.8) is 0 Å². The van der Waals surface area contributed by atoms with Crippen LogP contribution in [0.4, 0.5) is 10.5 Å². The Hall–Kier alpha value is -2.33. The highest BCUT2D eigenvalue weighted by Gasteiger charge is 2.41. The van der Waals surface area contributed by atoms with Gasteiger partial charge >= 0.3 is 6.03 Å². The highest BCUT2D eigenvalue weighted by atomic mass is 16.2. The van der Waals surface area contributed by atoms with Gasteiger partial charge in [0.25, 0.3) is 0 Å². The number of aryl methyl sites for hydroxylation is 1. The van der Waals surface area contributed by atoms with Crippen molar-refractivity contribution in [2.24, 2.45) is 5.92 Å². The second-order valence-corrected chi connectivity index (χ2v) is 9.50. The number of nitrogens with zero attached hydrogens (tertiary/aromatic N) is 2. The largest absolute Gasteiger partial charge is 0.334 e. The van der Waals surface area contributed by atoms with E-state index < -0.39 is 0 Å². The summed E-state index contributed by atoms with van der Waals surface area (Å²) in [5, 5.41) is 3.04. The van der Waals surface area contributed by atoms with E-state index in [-0.39, 0.29) is 6.03 Å². The summed E-state index contributed by atoms with van der Waals surface area (Å²) in [6, 6.07) is 15.7. The van der Waals surface area contributed by atoms with E-state index >= 15 is 0 Å². The van der Waals surface area contributed by atoms with Crippen molar-refractivity contribution in [1.29, 1.82) is 0 Å². The molecule has 1 saturated heterocycles. The van der Waals surface area contributed by atoms with E-state index in [4.69, 9.17) is 0 Å². The second-order valence-electron chi connectivity index (χ2n) is 9.50. The summed E-state index contributed by atoms with van der Waals surface area (Å²) in [5.41, 5.74) is 7.44. The fraction of sp³-hybridized carbons (Fsp3) is 0.480. The standard InChI is InChI=1S/C25H29N3O/c29-24-26-15-21-6-3-5-20-14-18(17-28(24)23(20)21)16-27-12-10-25(11-13-27)9-8-19-4-1-2-7-22(19)25/h1-7,18H,8-17H2,(H,26,29). The minimum atomic E-state index is 0.0785. The number of piperidine rings is 1. The van der Waals surface area contributed by atoms with Crippen molar-refractivity contribution in [2.45, 2.75) is 44.1 Å². The highest BCUT2D eigenvalue weighted by molar-refractivity contribution is 5.96. The highest BCUT2D eigenvalue weighted by Crippen LogP contribution is 2.46. The summed E-state index contributed by atoms with van der Waals surface area (Å²) in [7, 11) is 0. The molecule has 1 aliphatic carbocycles. The third kappa shape index (κ3) is 2.80. The third-order valence-electron chi connectivity index (χ3n) is 7.89. The Morgan fingerprint density at radius 3 is 2.66 bits per heavy atom. The summed E-state index contributed by atoms with van der Waals surface area (Å²) in [4.78, 5) is 17.2. The van der Waals surface area contributed by atoms with Crippen LogP contribution in [0.3, 0.4) is 0 Å². The molecule has 6 rings (SSSR count). The molecule has 0 bridgehead atoms. The van der Waals surface area contributed by atoms with E-state index in [1.807, 2.05) is 4.90 Å². The van der Waals surface area contributed by atoms with Crippen LogP contribution in [0.15, 0.2) is 42.5 Å². The molecule has 0 saturated carbocycles. The van der Waals surface area contributed by atoms with Crippen LogP contribution < -0.4 is 10.2 Å². The lowest BCUT2D eigenvalue weighted by Crippen LogP contribution is -2.52. The first-order valence-electron chi connectivity index (χ1n) is 11.2. The average Bonchev–Trinajstić information content (AvgIpc) is 3.11. The molecule has 150 valence electrons. The summed E-state index contributed by atoms with van der Waals surface area (Å²) in [5.74, 6) is 0.520. The lowest BCUT2D eigenvalue weighted by atomic mass is 9.73. The lowest BCUT2D eigenvalue weighted by Gasteiger charge is -2.43. The molecule has 4 heteroatoms. The number of anilines is 1. The molecular formula is C25H29N3O. The predicted octanol–water partition coefficient (Wildman–Crippen LogP) is 3.87.